The molecule has 0 radical (unpaired) electrons. The van der Waals surface area contributed by atoms with Crippen molar-refractivity contribution in [1.29, 1.82) is 0 Å². The van der Waals surface area contributed by atoms with E-state index in [1.807, 2.05) is 0 Å². The number of oxime groups is 1. The second kappa shape index (κ2) is 6.67. The summed E-state index contributed by atoms with van der Waals surface area (Å²) >= 11 is 0. The van der Waals surface area contributed by atoms with Gasteiger partial charge >= 0.3 is 15.5 Å². The highest BCUT2D eigenvalue weighted by Crippen LogP contribution is 2.28. The Balaban J connectivity index is 2.25. The molecule has 1 aromatic rings. The number of likely N-dealkylation sites (tertiary alicyclic amines) is 1. The zero-order chi connectivity index (χ0) is 18.0. The van der Waals surface area contributed by atoms with Crippen LogP contribution in [0.15, 0.2) is 29.4 Å². The fraction of sp³-hybridized carbons (Fsp3) is 0.385. The Morgan fingerprint density at radius 2 is 1.96 bits per heavy atom. The van der Waals surface area contributed by atoms with Crippen molar-refractivity contribution in [2.45, 2.75) is 24.9 Å². The smallest absolute Gasteiger partial charge is 0.410 e. The first kappa shape index (κ1) is 18.0. The maximum Gasteiger partial charge on any atom is 0.516 e. The van der Waals surface area contributed by atoms with E-state index in [0.29, 0.717) is 19.4 Å². The van der Waals surface area contributed by atoms with Crippen LogP contribution in [0.4, 0.5) is 18.9 Å². The van der Waals surface area contributed by atoms with Gasteiger partial charge in [0, 0.05) is 19.5 Å². The molecule has 1 fully saturated rings. The molecule has 1 aromatic carbocycles. The zero-order valence-corrected chi connectivity index (χ0v) is 13.1. The molecule has 24 heavy (non-hydrogen) atoms. The van der Waals surface area contributed by atoms with Crippen molar-refractivity contribution in [1.82, 2.24) is 4.90 Å². The largest absolute Gasteiger partial charge is 0.516 e. The topological polar surface area (TPSA) is 99.1 Å². The number of hydrogen-bond acceptors (Lipinski definition) is 5. The quantitative estimate of drug-likeness (QED) is 0.629. The second-order valence-electron chi connectivity index (χ2n) is 5.09. The molecule has 1 saturated heterocycles. The average Bonchev–Trinajstić information content (AvgIpc) is 2.50. The molecule has 0 bridgehead atoms. The molecular formula is C13H14F3N3O4S. The van der Waals surface area contributed by atoms with Crippen LogP contribution in [0, 0.1) is 0 Å². The Morgan fingerprint density at radius 3 is 2.58 bits per heavy atom. The highest BCUT2D eigenvalue weighted by atomic mass is 32.2. The van der Waals surface area contributed by atoms with Gasteiger partial charge in [-0.25, -0.2) is 0 Å². The third kappa shape index (κ3) is 3.78. The van der Waals surface area contributed by atoms with Crippen LogP contribution in [-0.4, -0.2) is 42.2 Å². The number of benzene rings is 1. The van der Waals surface area contributed by atoms with Crippen LogP contribution >= 0.6 is 0 Å². The number of carbonyl (C=O) groups excluding carboxylic acids is 1. The number of nitrogens with zero attached hydrogens (tertiary/aromatic N) is 2. The summed E-state index contributed by atoms with van der Waals surface area (Å²) in [6, 6.07) is 5.46. The molecule has 0 spiro atoms. The summed E-state index contributed by atoms with van der Waals surface area (Å²) in [6.07, 6.45) is 0.829. The highest BCUT2D eigenvalue weighted by molar-refractivity contribution is 7.93. The molecular weight excluding hydrogens is 351 g/mol. The number of carbonyl (C=O) groups is 1. The van der Waals surface area contributed by atoms with Gasteiger partial charge in [0.25, 0.3) is 5.91 Å². The van der Waals surface area contributed by atoms with E-state index in [-0.39, 0.29) is 23.5 Å². The van der Waals surface area contributed by atoms with Gasteiger partial charge in [-0.3, -0.25) is 9.52 Å². The molecule has 1 heterocycles. The van der Waals surface area contributed by atoms with E-state index in [1.165, 1.54) is 33.9 Å². The molecule has 0 atom stereocenters. The lowest BCUT2D eigenvalue weighted by molar-refractivity contribution is -0.125. The molecule has 132 valence electrons. The van der Waals surface area contributed by atoms with Crippen molar-refractivity contribution in [3.8, 4) is 0 Å². The third-order valence-electron chi connectivity index (χ3n) is 3.42. The Bertz CT molecular complexity index is 762. The monoisotopic (exact) mass is 365 g/mol. The summed E-state index contributed by atoms with van der Waals surface area (Å²) in [5.41, 5.74) is -5.57. The van der Waals surface area contributed by atoms with Crippen molar-refractivity contribution in [3.63, 3.8) is 0 Å². The lowest BCUT2D eigenvalue weighted by atomic mass is 10.1. The Morgan fingerprint density at radius 1 is 1.29 bits per heavy atom. The Hall–Kier alpha value is -2.30. The van der Waals surface area contributed by atoms with Gasteiger partial charge in [0.2, 0.25) is 0 Å². The van der Waals surface area contributed by atoms with Crippen molar-refractivity contribution in [2.24, 2.45) is 5.16 Å². The summed E-state index contributed by atoms with van der Waals surface area (Å²) in [7, 11) is -5.56. The van der Waals surface area contributed by atoms with Crippen LogP contribution in [0.3, 0.4) is 0 Å². The molecule has 2 N–H and O–H groups in total. The summed E-state index contributed by atoms with van der Waals surface area (Å²) < 4.78 is 61.5. The lowest BCUT2D eigenvalue weighted by Crippen LogP contribution is -2.41. The summed E-state index contributed by atoms with van der Waals surface area (Å²) in [5, 5.41) is 11.7. The fourth-order valence-corrected chi connectivity index (χ4v) is 2.84. The first-order valence-corrected chi connectivity index (χ1v) is 8.31. The maximum atomic E-state index is 12.5. The normalized spacial score (nSPS) is 18.0. The zero-order valence-electron chi connectivity index (χ0n) is 12.2. The molecule has 0 aromatic heterocycles. The molecule has 1 amide bonds. The van der Waals surface area contributed by atoms with E-state index < -0.39 is 21.4 Å². The van der Waals surface area contributed by atoms with Crippen molar-refractivity contribution in [2.75, 3.05) is 11.3 Å². The van der Waals surface area contributed by atoms with E-state index >= 15 is 0 Å². The van der Waals surface area contributed by atoms with Crippen LogP contribution < -0.4 is 4.72 Å². The van der Waals surface area contributed by atoms with Crippen molar-refractivity contribution >= 4 is 27.3 Å². The number of halogens is 3. The number of nitrogens with one attached hydrogen (secondary N) is 1. The van der Waals surface area contributed by atoms with Crippen LogP contribution in [0.25, 0.3) is 0 Å². The highest BCUT2D eigenvalue weighted by Gasteiger charge is 2.46. The SMILES string of the molecule is O=C1C(=NO)CCCN1Cc1ccccc1NS(=O)(=O)C(F)(F)F. The lowest BCUT2D eigenvalue weighted by Gasteiger charge is -2.28. The third-order valence-corrected chi connectivity index (χ3v) is 4.52. The standard InChI is InChI=1S/C13H14F3N3O4S/c14-13(15,16)24(22,23)18-10-5-2-1-4-9(10)8-19-7-3-6-11(17-21)12(19)20/h1-2,4-5,18,21H,3,6-8H2. The molecule has 1 aliphatic heterocycles. The van der Waals surface area contributed by atoms with Crippen molar-refractivity contribution in [3.05, 3.63) is 29.8 Å². The van der Waals surface area contributed by atoms with E-state index in [9.17, 15) is 26.4 Å². The Labute approximate surface area is 135 Å². The first-order chi connectivity index (χ1) is 11.2. The van der Waals surface area contributed by atoms with Gasteiger partial charge in [-0.05, 0) is 18.1 Å². The van der Waals surface area contributed by atoms with E-state index in [4.69, 9.17) is 5.21 Å². The number of rotatable bonds is 4. The number of amides is 1. The molecule has 11 heteroatoms. The van der Waals surface area contributed by atoms with Crippen LogP contribution in [0.5, 0.6) is 0 Å². The molecule has 0 unspecified atom stereocenters. The van der Waals surface area contributed by atoms with Gasteiger partial charge in [0.15, 0.2) is 0 Å². The van der Waals surface area contributed by atoms with Gasteiger partial charge < -0.3 is 10.1 Å². The van der Waals surface area contributed by atoms with E-state index in [0.717, 1.165) is 0 Å². The number of sulfonamides is 1. The van der Waals surface area contributed by atoms with Gasteiger partial charge in [-0.15, -0.1) is 0 Å². The van der Waals surface area contributed by atoms with E-state index in [2.05, 4.69) is 5.16 Å². The molecule has 0 saturated carbocycles. The molecule has 2 rings (SSSR count). The van der Waals surface area contributed by atoms with Gasteiger partial charge in [-0.1, -0.05) is 23.4 Å². The van der Waals surface area contributed by atoms with E-state index in [1.54, 1.807) is 0 Å². The van der Waals surface area contributed by atoms with Crippen molar-refractivity contribution < 1.29 is 31.6 Å². The first-order valence-electron chi connectivity index (χ1n) is 6.83. The van der Waals surface area contributed by atoms with Crippen LogP contribution in [-0.2, 0) is 21.4 Å². The summed E-state index contributed by atoms with van der Waals surface area (Å²) in [5.74, 6) is -0.544. The molecule has 7 nitrogen and oxygen atoms in total. The van der Waals surface area contributed by atoms with Crippen LogP contribution in [0.1, 0.15) is 18.4 Å². The number of hydrogen-bond donors (Lipinski definition) is 2. The number of para-hydroxylation sites is 1. The predicted molar refractivity (Wildman–Crippen MR) is 78.9 cm³/mol. The minimum Gasteiger partial charge on any atom is -0.410 e. The van der Waals surface area contributed by atoms with Gasteiger partial charge in [-0.2, -0.15) is 21.6 Å². The van der Waals surface area contributed by atoms with Crippen LogP contribution in [0.2, 0.25) is 0 Å². The molecule has 1 aliphatic rings. The van der Waals surface area contributed by atoms with Gasteiger partial charge in [0.1, 0.15) is 5.71 Å². The number of alkyl halides is 3. The Kier molecular flexibility index (Phi) is 5.02. The number of anilines is 1. The minimum atomic E-state index is -5.56. The molecule has 0 aliphatic carbocycles. The van der Waals surface area contributed by atoms with Gasteiger partial charge in [0.05, 0.1) is 5.69 Å². The summed E-state index contributed by atoms with van der Waals surface area (Å²) in [6.45, 7) is 0.201. The second-order valence-corrected chi connectivity index (χ2v) is 6.76. The summed E-state index contributed by atoms with van der Waals surface area (Å²) in [4.78, 5) is 13.3. The number of piperidine rings is 1. The average molecular weight is 365 g/mol. The fourth-order valence-electron chi connectivity index (χ4n) is 2.24. The maximum absolute atomic E-state index is 12.5. The minimum absolute atomic E-state index is 0.0467. The predicted octanol–water partition coefficient (Wildman–Crippen LogP) is 1.90.